The molecule has 1 heterocycles. The summed E-state index contributed by atoms with van der Waals surface area (Å²) in [7, 11) is 5.43. The number of carbonyl (C=O) groups is 1. The average molecular weight is 397 g/mol. The van der Waals surface area contributed by atoms with Crippen LogP contribution in [0.2, 0.25) is 0 Å². The minimum Gasteiger partial charge on any atom is -0.492 e. The minimum atomic E-state index is -0.0620. The van der Waals surface area contributed by atoms with Crippen molar-refractivity contribution >= 4 is 17.5 Å². The second kappa shape index (κ2) is 8.90. The molecule has 0 fully saturated rings. The Hall–Kier alpha value is -3.15. The van der Waals surface area contributed by atoms with Gasteiger partial charge in [0, 0.05) is 25.2 Å². The number of hydrogen-bond acceptors (Lipinski definition) is 6. The number of Topliss-reactive ketones (excluding diaryl/α,β-unsaturated/α-hetero) is 1. The van der Waals surface area contributed by atoms with Gasteiger partial charge in [0.2, 0.25) is 5.75 Å². The summed E-state index contributed by atoms with van der Waals surface area (Å²) >= 11 is 0. The van der Waals surface area contributed by atoms with Gasteiger partial charge in [0.1, 0.15) is 19.0 Å². The fourth-order valence-corrected chi connectivity index (χ4v) is 3.24. The molecule has 154 valence electrons. The van der Waals surface area contributed by atoms with E-state index in [0.717, 1.165) is 17.0 Å². The summed E-state index contributed by atoms with van der Waals surface area (Å²) in [6.07, 6.45) is 1.81. The van der Waals surface area contributed by atoms with Crippen molar-refractivity contribution in [2.75, 3.05) is 45.9 Å². The first-order valence-corrected chi connectivity index (χ1v) is 9.60. The molecule has 0 saturated carbocycles. The van der Waals surface area contributed by atoms with E-state index in [0.29, 0.717) is 48.2 Å². The first-order chi connectivity index (χ1) is 14.0. The summed E-state index contributed by atoms with van der Waals surface area (Å²) in [6.45, 7) is 5.27. The number of ether oxygens (including phenoxy) is 4. The van der Waals surface area contributed by atoms with Gasteiger partial charge in [-0.05, 0) is 55.8 Å². The number of anilines is 1. The standard InChI is InChI=1S/C23H27NO5/c1-6-27-19-9-7-16(14-18(19)24(3)4)21(25)15(2)13-17-8-10-20-23(22(17)26-5)29-12-11-28-20/h7-10,13-14H,6,11-12H2,1-5H3/b15-13+. The average Bonchev–Trinajstić information content (AvgIpc) is 2.73. The minimum absolute atomic E-state index is 0.0620. The van der Waals surface area contributed by atoms with Gasteiger partial charge in [-0.15, -0.1) is 0 Å². The lowest BCUT2D eigenvalue weighted by Crippen LogP contribution is -2.16. The van der Waals surface area contributed by atoms with Crippen molar-refractivity contribution in [3.8, 4) is 23.0 Å². The number of rotatable bonds is 7. The van der Waals surface area contributed by atoms with Crippen LogP contribution in [0.3, 0.4) is 0 Å². The quantitative estimate of drug-likeness (QED) is 0.515. The lowest BCUT2D eigenvalue weighted by atomic mass is 10.0. The summed E-state index contributed by atoms with van der Waals surface area (Å²) in [6, 6.07) is 9.18. The van der Waals surface area contributed by atoms with E-state index in [2.05, 4.69) is 0 Å². The topological polar surface area (TPSA) is 57.2 Å². The molecule has 0 atom stereocenters. The van der Waals surface area contributed by atoms with Crippen molar-refractivity contribution in [2.45, 2.75) is 13.8 Å². The van der Waals surface area contributed by atoms with Gasteiger partial charge in [-0.25, -0.2) is 0 Å². The van der Waals surface area contributed by atoms with E-state index in [1.807, 2.05) is 56.3 Å². The van der Waals surface area contributed by atoms with Crippen molar-refractivity contribution in [2.24, 2.45) is 0 Å². The predicted molar refractivity (Wildman–Crippen MR) is 114 cm³/mol. The molecular formula is C23H27NO5. The van der Waals surface area contributed by atoms with E-state index in [-0.39, 0.29) is 5.78 Å². The summed E-state index contributed by atoms with van der Waals surface area (Å²) in [5, 5.41) is 0. The van der Waals surface area contributed by atoms with Gasteiger partial charge >= 0.3 is 0 Å². The normalized spacial score (nSPS) is 13.1. The number of fused-ring (bicyclic) bond motifs is 1. The van der Waals surface area contributed by atoms with Crippen molar-refractivity contribution in [1.82, 2.24) is 0 Å². The molecule has 3 rings (SSSR count). The highest BCUT2D eigenvalue weighted by Crippen LogP contribution is 2.42. The molecule has 0 saturated heterocycles. The van der Waals surface area contributed by atoms with Gasteiger partial charge in [-0.2, -0.15) is 0 Å². The molecule has 6 heteroatoms. The van der Waals surface area contributed by atoms with E-state index in [1.165, 1.54) is 0 Å². The van der Waals surface area contributed by atoms with Crippen LogP contribution < -0.4 is 23.8 Å². The van der Waals surface area contributed by atoms with Crippen LogP contribution >= 0.6 is 0 Å². The van der Waals surface area contributed by atoms with E-state index >= 15 is 0 Å². The van der Waals surface area contributed by atoms with Gasteiger partial charge in [-0.3, -0.25) is 4.79 Å². The highest BCUT2D eigenvalue weighted by Gasteiger charge is 2.20. The third-order valence-corrected chi connectivity index (χ3v) is 4.63. The fraction of sp³-hybridized carbons (Fsp3) is 0.348. The summed E-state index contributed by atoms with van der Waals surface area (Å²) in [5.74, 6) is 2.48. The van der Waals surface area contributed by atoms with Crippen molar-refractivity contribution < 1.29 is 23.7 Å². The van der Waals surface area contributed by atoms with E-state index in [9.17, 15) is 4.79 Å². The second-order valence-electron chi connectivity index (χ2n) is 6.88. The van der Waals surface area contributed by atoms with Crippen molar-refractivity contribution in [3.05, 3.63) is 47.0 Å². The predicted octanol–water partition coefficient (Wildman–Crippen LogP) is 4.22. The van der Waals surface area contributed by atoms with E-state index in [1.54, 1.807) is 20.1 Å². The molecule has 0 aliphatic carbocycles. The Morgan fingerprint density at radius 3 is 2.62 bits per heavy atom. The SMILES string of the molecule is CCOc1ccc(C(=O)/C(C)=C/c2ccc3c(c2OC)OCCO3)cc1N(C)C. The lowest BCUT2D eigenvalue weighted by molar-refractivity contribution is 0.103. The van der Waals surface area contributed by atoms with Crippen LogP contribution in [0.4, 0.5) is 5.69 Å². The molecule has 1 aliphatic rings. The molecule has 0 unspecified atom stereocenters. The molecule has 2 aromatic carbocycles. The number of benzene rings is 2. The van der Waals surface area contributed by atoms with Crippen LogP contribution in [-0.4, -0.2) is 46.8 Å². The molecule has 6 nitrogen and oxygen atoms in total. The molecule has 0 bridgehead atoms. The fourth-order valence-electron chi connectivity index (χ4n) is 3.24. The monoisotopic (exact) mass is 397 g/mol. The highest BCUT2D eigenvalue weighted by atomic mass is 16.6. The Labute approximate surface area is 171 Å². The maximum Gasteiger partial charge on any atom is 0.204 e. The highest BCUT2D eigenvalue weighted by molar-refractivity contribution is 6.11. The maximum atomic E-state index is 13.1. The Balaban J connectivity index is 1.94. The van der Waals surface area contributed by atoms with Gasteiger partial charge in [0.25, 0.3) is 0 Å². The second-order valence-corrected chi connectivity index (χ2v) is 6.88. The van der Waals surface area contributed by atoms with Gasteiger partial charge in [-0.1, -0.05) is 0 Å². The number of nitrogens with zero attached hydrogens (tertiary/aromatic N) is 1. The van der Waals surface area contributed by atoms with Crippen LogP contribution in [0.15, 0.2) is 35.9 Å². The summed E-state index contributed by atoms with van der Waals surface area (Å²) in [5.41, 5.74) is 2.82. The third-order valence-electron chi connectivity index (χ3n) is 4.63. The van der Waals surface area contributed by atoms with Crippen LogP contribution in [0.5, 0.6) is 23.0 Å². The smallest absolute Gasteiger partial charge is 0.204 e. The number of methoxy groups -OCH3 is 1. The van der Waals surface area contributed by atoms with Gasteiger partial charge < -0.3 is 23.8 Å². The molecule has 0 amide bonds. The third kappa shape index (κ3) is 4.31. The Bertz CT molecular complexity index is 933. The molecule has 2 aromatic rings. The zero-order valence-electron chi connectivity index (χ0n) is 17.6. The number of hydrogen-bond donors (Lipinski definition) is 0. The molecule has 0 N–H and O–H groups in total. The first-order valence-electron chi connectivity index (χ1n) is 9.60. The van der Waals surface area contributed by atoms with E-state index < -0.39 is 0 Å². The molecule has 0 aromatic heterocycles. The molecular weight excluding hydrogens is 370 g/mol. The lowest BCUT2D eigenvalue weighted by Gasteiger charge is -2.21. The van der Waals surface area contributed by atoms with Crippen LogP contribution in [-0.2, 0) is 0 Å². The molecule has 0 spiro atoms. The Morgan fingerprint density at radius 1 is 1.17 bits per heavy atom. The van der Waals surface area contributed by atoms with Gasteiger partial charge in [0.05, 0.1) is 19.4 Å². The maximum absolute atomic E-state index is 13.1. The van der Waals surface area contributed by atoms with Crippen LogP contribution in [0.25, 0.3) is 6.08 Å². The number of allylic oxidation sites excluding steroid dienone is 1. The zero-order valence-corrected chi connectivity index (χ0v) is 17.6. The van der Waals surface area contributed by atoms with Crippen LogP contribution in [0.1, 0.15) is 29.8 Å². The van der Waals surface area contributed by atoms with Crippen molar-refractivity contribution in [1.29, 1.82) is 0 Å². The molecule has 0 radical (unpaired) electrons. The summed E-state index contributed by atoms with van der Waals surface area (Å²) < 4.78 is 22.5. The molecule has 29 heavy (non-hydrogen) atoms. The van der Waals surface area contributed by atoms with Gasteiger partial charge in [0.15, 0.2) is 17.3 Å². The number of carbonyl (C=O) groups excluding carboxylic acids is 1. The Kier molecular flexibility index (Phi) is 6.32. The largest absolute Gasteiger partial charge is 0.492 e. The number of ketones is 1. The van der Waals surface area contributed by atoms with E-state index in [4.69, 9.17) is 18.9 Å². The Morgan fingerprint density at radius 2 is 1.93 bits per heavy atom. The first kappa shape index (κ1) is 20.6. The molecule has 1 aliphatic heterocycles. The zero-order chi connectivity index (χ0) is 21.0. The summed E-state index contributed by atoms with van der Waals surface area (Å²) in [4.78, 5) is 15.0. The van der Waals surface area contributed by atoms with Crippen LogP contribution in [0, 0.1) is 0 Å². The van der Waals surface area contributed by atoms with Crippen molar-refractivity contribution in [3.63, 3.8) is 0 Å².